The number of rotatable bonds is 4. The van der Waals surface area contributed by atoms with Gasteiger partial charge in [0.1, 0.15) is 11.6 Å². The summed E-state index contributed by atoms with van der Waals surface area (Å²) in [5, 5.41) is 3.30. The van der Waals surface area contributed by atoms with Gasteiger partial charge in [-0.3, -0.25) is 0 Å². The molecule has 0 spiro atoms. The van der Waals surface area contributed by atoms with E-state index in [9.17, 15) is 4.39 Å². The Bertz CT molecular complexity index is 485. The molecule has 1 aromatic carbocycles. The van der Waals surface area contributed by atoms with Crippen LogP contribution in [0.4, 0.5) is 4.39 Å². The largest absolute Gasteiger partial charge is 0.349 e. The van der Waals surface area contributed by atoms with Gasteiger partial charge in [-0.05, 0) is 24.7 Å². The van der Waals surface area contributed by atoms with Crippen molar-refractivity contribution in [1.29, 1.82) is 0 Å². The van der Waals surface area contributed by atoms with Gasteiger partial charge in [-0.1, -0.05) is 17.7 Å². The predicted molar refractivity (Wildman–Crippen MR) is 65.5 cm³/mol. The van der Waals surface area contributed by atoms with E-state index in [0.29, 0.717) is 6.42 Å². The predicted octanol–water partition coefficient (Wildman–Crippen LogP) is 2.71. The van der Waals surface area contributed by atoms with E-state index >= 15 is 0 Å². The highest BCUT2D eigenvalue weighted by Gasteiger charge is 2.13. The Morgan fingerprint density at radius 3 is 2.94 bits per heavy atom. The second-order valence-corrected chi connectivity index (χ2v) is 4.16. The SMILES string of the molecule is CNC(Cc1ncc[nH]1)c1ccc(F)c(Cl)c1. The molecule has 0 aliphatic carbocycles. The minimum absolute atomic E-state index is 0.0549. The fourth-order valence-electron chi connectivity index (χ4n) is 1.72. The van der Waals surface area contributed by atoms with Crippen molar-refractivity contribution in [2.45, 2.75) is 12.5 Å². The van der Waals surface area contributed by atoms with E-state index in [1.807, 2.05) is 7.05 Å². The summed E-state index contributed by atoms with van der Waals surface area (Å²) in [6.07, 6.45) is 4.19. The average Bonchev–Trinajstić information content (AvgIpc) is 2.82. The van der Waals surface area contributed by atoms with E-state index < -0.39 is 5.82 Å². The monoisotopic (exact) mass is 253 g/mol. The van der Waals surface area contributed by atoms with Crippen molar-refractivity contribution >= 4 is 11.6 Å². The molecular weight excluding hydrogens is 241 g/mol. The van der Waals surface area contributed by atoms with Gasteiger partial charge in [0.05, 0.1) is 5.02 Å². The lowest BCUT2D eigenvalue weighted by Gasteiger charge is -2.15. The molecule has 5 heteroatoms. The van der Waals surface area contributed by atoms with E-state index in [-0.39, 0.29) is 11.1 Å². The van der Waals surface area contributed by atoms with Gasteiger partial charge in [0.25, 0.3) is 0 Å². The summed E-state index contributed by atoms with van der Waals surface area (Å²) in [5.74, 6) is 0.480. The maximum Gasteiger partial charge on any atom is 0.141 e. The molecular formula is C12H13ClFN3. The molecule has 0 radical (unpaired) electrons. The van der Waals surface area contributed by atoms with Crippen LogP contribution in [0.15, 0.2) is 30.6 Å². The number of H-pyrrole nitrogens is 1. The Balaban J connectivity index is 2.20. The summed E-state index contributed by atoms with van der Waals surface area (Å²) >= 11 is 5.77. The Kier molecular flexibility index (Phi) is 3.76. The molecule has 3 nitrogen and oxygen atoms in total. The number of aromatic amines is 1. The maximum atomic E-state index is 13.1. The van der Waals surface area contributed by atoms with Crippen LogP contribution in [0.2, 0.25) is 5.02 Å². The lowest BCUT2D eigenvalue weighted by molar-refractivity contribution is 0.574. The molecule has 0 amide bonds. The van der Waals surface area contributed by atoms with Crippen molar-refractivity contribution < 1.29 is 4.39 Å². The Labute approximate surface area is 104 Å². The van der Waals surface area contributed by atoms with Gasteiger partial charge in [0.15, 0.2) is 0 Å². The zero-order chi connectivity index (χ0) is 12.3. The third-order valence-electron chi connectivity index (χ3n) is 2.65. The second kappa shape index (κ2) is 5.29. The minimum atomic E-state index is -0.400. The molecule has 2 N–H and O–H groups in total. The summed E-state index contributed by atoms with van der Waals surface area (Å²) in [6.45, 7) is 0. The molecule has 1 unspecified atom stereocenters. The fourth-order valence-corrected chi connectivity index (χ4v) is 1.91. The third kappa shape index (κ3) is 2.84. The van der Waals surface area contributed by atoms with Crippen LogP contribution in [0.3, 0.4) is 0 Å². The van der Waals surface area contributed by atoms with Crippen molar-refractivity contribution in [3.63, 3.8) is 0 Å². The van der Waals surface area contributed by atoms with Crippen molar-refractivity contribution in [2.75, 3.05) is 7.05 Å². The fraction of sp³-hybridized carbons (Fsp3) is 0.250. The van der Waals surface area contributed by atoms with Crippen molar-refractivity contribution in [2.24, 2.45) is 0 Å². The Hall–Kier alpha value is -1.39. The molecule has 1 heterocycles. The van der Waals surface area contributed by atoms with Crippen LogP contribution >= 0.6 is 11.6 Å². The molecule has 1 atom stereocenters. The van der Waals surface area contributed by atoms with Gasteiger partial charge in [-0.2, -0.15) is 0 Å². The first kappa shape index (κ1) is 12.1. The number of benzene rings is 1. The van der Waals surface area contributed by atoms with Crippen molar-refractivity contribution in [3.8, 4) is 0 Å². The quantitative estimate of drug-likeness (QED) is 0.880. The Morgan fingerprint density at radius 2 is 2.35 bits per heavy atom. The van der Waals surface area contributed by atoms with Crippen LogP contribution in [0.1, 0.15) is 17.4 Å². The van der Waals surface area contributed by atoms with Crippen molar-refractivity contribution in [3.05, 3.63) is 52.8 Å². The number of likely N-dealkylation sites (N-methyl/N-ethyl adjacent to an activating group) is 1. The van der Waals surface area contributed by atoms with Crippen LogP contribution in [0.25, 0.3) is 0 Å². The first-order valence-corrected chi connectivity index (χ1v) is 5.69. The average molecular weight is 254 g/mol. The molecule has 90 valence electrons. The summed E-state index contributed by atoms with van der Waals surface area (Å²) in [6, 6.07) is 4.80. The molecule has 0 bridgehead atoms. The maximum absolute atomic E-state index is 13.1. The van der Waals surface area contributed by atoms with Gasteiger partial charge in [-0.25, -0.2) is 9.37 Å². The zero-order valence-electron chi connectivity index (χ0n) is 9.37. The van der Waals surface area contributed by atoms with E-state index in [4.69, 9.17) is 11.6 Å². The summed E-state index contributed by atoms with van der Waals surface area (Å²) in [7, 11) is 1.85. The molecule has 0 aliphatic heterocycles. The highest BCUT2D eigenvalue weighted by molar-refractivity contribution is 6.30. The standard InChI is InChI=1S/C12H13ClFN3/c1-15-11(7-12-16-4-5-17-12)8-2-3-10(14)9(13)6-8/h2-6,11,15H,7H2,1H3,(H,16,17). The topological polar surface area (TPSA) is 40.7 Å². The highest BCUT2D eigenvalue weighted by atomic mass is 35.5. The van der Waals surface area contributed by atoms with E-state index in [2.05, 4.69) is 15.3 Å². The highest BCUT2D eigenvalue weighted by Crippen LogP contribution is 2.22. The molecule has 2 rings (SSSR count). The van der Waals surface area contributed by atoms with E-state index in [0.717, 1.165) is 11.4 Å². The first-order chi connectivity index (χ1) is 8.20. The van der Waals surface area contributed by atoms with Gasteiger partial charge in [0.2, 0.25) is 0 Å². The molecule has 0 fully saturated rings. The van der Waals surface area contributed by atoms with Crippen LogP contribution < -0.4 is 5.32 Å². The summed E-state index contributed by atoms with van der Waals surface area (Å²) in [5.41, 5.74) is 0.940. The summed E-state index contributed by atoms with van der Waals surface area (Å²) < 4.78 is 13.1. The van der Waals surface area contributed by atoms with Crippen molar-refractivity contribution in [1.82, 2.24) is 15.3 Å². The molecule has 2 aromatic rings. The van der Waals surface area contributed by atoms with Crippen LogP contribution in [0, 0.1) is 5.82 Å². The number of nitrogens with zero attached hydrogens (tertiary/aromatic N) is 1. The number of hydrogen-bond donors (Lipinski definition) is 2. The van der Waals surface area contributed by atoms with Gasteiger partial charge >= 0.3 is 0 Å². The van der Waals surface area contributed by atoms with Crippen LogP contribution in [-0.4, -0.2) is 17.0 Å². The molecule has 0 aliphatic rings. The number of halogens is 2. The third-order valence-corrected chi connectivity index (χ3v) is 2.94. The number of imidazole rings is 1. The lowest BCUT2D eigenvalue weighted by Crippen LogP contribution is -2.19. The zero-order valence-corrected chi connectivity index (χ0v) is 10.1. The minimum Gasteiger partial charge on any atom is -0.349 e. The van der Waals surface area contributed by atoms with Crippen LogP contribution in [-0.2, 0) is 6.42 Å². The molecule has 0 saturated heterocycles. The lowest BCUT2D eigenvalue weighted by atomic mass is 10.0. The number of aromatic nitrogens is 2. The van der Waals surface area contributed by atoms with Gasteiger partial charge in [0, 0.05) is 24.9 Å². The van der Waals surface area contributed by atoms with Gasteiger partial charge < -0.3 is 10.3 Å². The number of hydrogen-bond acceptors (Lipinski definition) is 2. The van der Waals surface area contributed by atoms with Crippen LogP contribution in [0.5, 0.6) is 0 Å². The molecule has 0 saturated carbocycles. The summed E-state index contributed by atoms with van der Waals surface area (Å²) in [4.78, 5) is 7.21. The van der Waals surface area contributed by atoms with Gasteiger partial charge in [-0.15, -0.1) is 0 Å². The smallest absolute Gasteiger partial charge is 0.141 e. The normalized spacial score (nSPS) is 12.6. The van der Waals surface area contributed by atoms with E-state index in [1.54, 1.807) is 24.5 Å². The first-order valence-electron chi connectivity index (χ1n) is 5.31. The molecule has 1 aromatic heterocycles. The molecule has 17 heavy (non-hydrogen) atoms. The number of nitrogens with one attached hydrogen (secondary N) is 2. The van der Waals surface area contributed by atoms with E-state index in [1.165, 1.54) is 6.07 Å². The Morgan fingerprint density at radius 1 is 1.53 bits per heavy atom. The second-order valence-electron chi connectivity index (χ2n) is 3.75.